The van der Waals surface area contributed by atoms with Gasteiger partial charge >= 0.3 is 5.97 Å². The maximum Gasteiger partial charge on any atom is 0.325 e. The number of carboxylic acids is 1. The summed E-state index contributed by atoms with van der Waals surface area (Å²) in [5.41, 5.74) is 2.22. The largest absolute Gasteiger partial charge is 0.480 e. The van der Waals surface area contributed by atoms with E-state index in [-0.39, 0.29) is 12.4 Å². The predicted molar refractivity (Wildman–Crippen MR) is 100 cm³/mol. The van der Waals surface area contributed by atoms with E-state index in [1.54, 1.807) is 0 Å². The quantitative estimate of drug-likeness (QED) is 0.776. The summed E-state index contributed by atoms with van der Waals surface area (Å²) in [6, 6.07) is 12.9. The number of piperazine rings is 1. The summed E-state index contributed by atoms with van der Waals surface area (Å²) in [4.78, 5) is 16.3. The van der Waals surface area contributed by atoms with Crippen molar-refractivity contribution in [2.75, 3.05) is 33.2 Å². The van der Waals surface area contributed by atoms with Crippen molar-refractivity contribution < 1.29 is 14.3 Å². The molecule has 1 saturated heterocycles. The van der Waals surface area contributed by atoms with Crippen molar-refractivity contribution >= 4 is 40.3 Å². The van der Waals surface area contributed by atoms with Crippen molar-refractivity contribution in [3.05, 3.63) is 48.0 Å². The monoisotopic (exact) mass is 360 g/mol. The van der Waals surface area contributed by atoms with Crippen molar-refractivity contribution in [1.29, 1.82) is 0 Å². The highest BCUT2D eigenvalue weighted by atomic mass is 35.5. The number of hydrogen-bond donors (Lipinski definition) is 1. The van der Waals surface area contributed by atoms with Crippen LogP contribution >= 0.6 is 12.4 Å². The lowest BCUT2D eigenvalue weighted by molar-refractivity contribution is -0.144. The molecule has 0 radical (unpaired) electrons. The van der Waals surface area contributed by atoms with Gasteiger partial charge in [0, 0.05) is 42.5 Å². The molecule has 1 unspecified atom stereocenters. The first kappa shape index (κ1) is 17.7. The Kier molecular flexibility index (Phi) is 4.99. The molecule has 25 heavy (non-hydrogen) atoms. The highest BCUT2D eigenvalue weighted by Crippen LogP contribution is 2.35. The molecule has 3 aromatic rings. The highest BCUT2D eigenvalue weighted by molar-refractivity contribution is 6.06. The average molecular weight is 361 g/mol. The van der Waals surface area contributed by atoms with E-state index in [2.05, 4.69) is 11.9 Å². The number of rotatable bonds is 3. The van der Waals surface area contributed by atoms with Crippen LogP contribution in [0.25, 0.3) is 21.9 Å². The van der Waals surface area contributed by atoms with Gasteiger partial charge in [-0.05, 0) is 13.1 Å². The number of hydrogen-bond acceptors (Lipinski definition) is 4. The molecule has 1 N–H and O–H groups in total. The number of fused-ring (bicyclic) bond motifs is 3. The summed E-state index contributed by atoms with van der Waals surface area (Å²) in [6.45, 7) is 3.23. The number of nitrogens with zero attached hydrogens (tertiary/aromatic N) is 2. The van der Waals surface area contributed by atoms with Crippen LogP contribution in [0.15, 0.2) is 46.9 Å². The summed E-state index contributed by atoms with van der Waals surface area (Å²) in [7, 11) is 2.06. The highest BCUT2D eigenvalue weighted by Gasteiger charge is 2.32. The molecular formula is C19H21ClN2O3. The van der Waals surface area contributed by atoms with Crippen LogP contribution in [0.4, 0.5) is 0 Å². The third-order valence-corrected chi connectivity index (χ3v) is 4.87. The van der Waals surface area contributed by atoms with E-state index in [9.17, 15) is 9.90 Å². The van der Waals surface area contributed by atoms with Crippen LogP contribution in [0, 0.1) is 0 Å². The Bertz CT molecular complexity index is 900. The molecule has 0 amide bonds. The Labute approximate surface area is 152 Å². The van der Waals surface area contributed by atoms with Crippen LogP contribution in [0.5, 0.6) is 0 Å². The van der Waals surface area contributed by atoms with E-state index in [1.807, 2.05) is 47.4 Å². The van der Waals surface area contributed by atoms with Crippen LogP contribution < -0.4 is 0 Å². The Morgan fingerprint density at radius 3 is 2.44 bits per heavy atom. The first-order valence-electron chi connectivity index (χ1n) is 8.21. The van der Waals surface area contributed by atoms with Crippen molar-refractivity contribution in [3.8, 4) is 0 Å². The van der Waals surface area contributed by atoms with E-state index in [4.69, 9.17) is 4.42 Å². The number of benzene rings is 2. The second-order valence-electron chi connectivity index (χ2n) is 6.40. The number of likely N-dealkylation sites (N-methyl/N-ethyl adjacent to an activating group) is 1. The second kappa shape index (κ2) is 7.04. The van der Waals surface area contributed by atoms with Gasteiger partial charge in [-0.1, -0.05) is 36.4 Å². The first-order valence-corrected chi connectivity index (χ1v) is 8.21. The van der Waals surface area contributed by atoms with Gasteiger partial charge in [0.05, 0.1) is 0 Å². The minimum Gasteiger partial charge on any atom is -0.480 e. The van der Waals surface area contributed by atoms with Gasteiger partial charge in [-0.15, -0.1) is 12.4 Å². The van der Waals surface area contributed by atoms with Crippen molar-refractivity contribution in [2.45, 2.75) is 6.04 Å². The molecule has 0 spiro atoms. The van der Waals surface area contributed by atoms with Crippen LogP contribution in [-0.4, -0.2) is 54.1 Å². The van der Waals surface area contributed by atoms with Gasteiger partial charge < -0.3 is 14.4 Å². The van der Waals surface area contributed by atoms with Crippen LogP contribution in [0.3, 0.4) is 0 Å². The molecule has 5 nitrogen and oxygen atoms in total. The third-order valence-electron chi connectivity index (χ3n) is 4.87. The van der Waals surface area contributed by atoms with Gasteiger partial charge in [-0.3, -0.25) is 9.69 Å². The summed E-state index contributed by atoms with van der Waals surface area (Å²) >= 11 is 0. The maximum atomic E-state index is 12.0. The molecule has 0 saturated carbocycles. The fraction of sp³-hybridized carbons (Fsp3) is 0.316. The molecule has 0 bridgehead atoms. The number of furan rings is 1. The molecule has 4 rings (SSSR count). The lowest BCUT2D eigenvalue weighted by Crippen LogP contribution is -2.47. The van der Waals surface area contributed by atoms with E-state index in [1.165, 1.54) is 0 Å². The first-order chi connectivity index (χ1) is 11.6. The second-order valence-corrected chi connectivity index (χ2v) is 6.40. The normalized spacial score (nSPS) is 17.5. The Morgan fingerprint density at radius 1 is 1.04 bits per heavy atom. The van der Waals surface area contributed by atoms with Crippen LogP contribution in [0.2, 0.25) is 0 Å². The molecule has 1 aromatic heterocycles. The van der Waals surface area contributed by atoms with Crippen LogP contribution in [-0.2, 0) is 4.79 Å². The standard InChI is InChI=1S/C19H20N2O3.ClH/c1-20-9-11-21(12-10-20)17(19(22)23)15-7-4-6-14-13-5-2-3-8-16(13)24-18(14)15;/h2-8,17H,9-12H2,1H3,(H,22,23);1H. The molecule has 132 valence electrons. The molecule has 1 atom stereocenters. The summed E-state index contributed by atoms with van der Waals surface area (Å²) in [5, 5.41) is 11.9. The molecular weight excluding hydrogens is 340 g/mol. The molecule has 2 heterocycles. The van der Waals surface area contributed by atoms with Gasteiger partial charge in [0.25, 0.3) is 0 Å². The molecule has 1 aliphatic rings. The molecule has 0 aliphatic carbocycles. The third kappa shape index (κ3) is 3.11. The van der Waals surface area contributed by atoms with E-state index in [0.717, 1.165) is 48.1 Å². The number of halogens is 1. The Hall–Kier alpha value is -2.08. The van der Waals surface area contributed by atoms with Crippen molar-refractivity contribution in [3.63, 3.8) is 0 Å². The topological polar surface area (TPSA) is 56.9 Å². The van der Waals surface area contributed by atoms with Crippen molar-refractivity contribution in [1.82, 2.24) is 9.80 Å². The Balaban J connectivity index is 0.00000182. The number of aliphatic carboxylic acids is 1. The van der Waals surface area contributed by atoms with E-state index < -0.39 is 12.0 Å². The van der Waals surface area contributed by atoms with Gasteiger partial charge in [-0.25, -0.2) is 0 Å². The fourth-order valence-corrected chi connectivity index (χ4v) is 3.55. The zero-order valence-electron chi connectivity index (χ0n) is 14.0. The molecule has 1 aliphatic heterocycles. The van der Waals surface area contributed by atoms with Crippen LogP contribution in [0.1, 0.15) is 11.6 Å². The fourth-order valence-electron chi connectivity index (χ4n) is 3.55. The summed E-state index contributed by atoms with van der Waals surface area (Å²) < 4.78 is 6.03. The van der Waals surface area contributed by atoms with E-state index in [0.29, 0.717) is 5.58 Å². The summed E-state index contributed by atoms with van der Waals surface area (Å²) in [5.74, 6) is -0.826. The lowest BCUT2D eigenvalue weighted by Gasteiger charge is -2.36. The van der Waals surface area contributed by atoms with Gasteiger partial charge in [0.2, 0.25) is 0 Å². The minimum absolute atomic E-state index is 0. The number of carbonyl (C=O) groups is 1. The van der Waals surface area contributed by atoms with Gasteiger partial charge in [-0.2, -0.15) is 0 Å². The van der Waals surface area contributed by atoms with Gasteiger partial charge in [0.15, 0.2) is 0 Å². The molecule has 6 heteroatoms. The average Bonchev–Trinajstić information content (AvgIpc) is 2.96. The zero-order chi connectivity index (χ0) is 16.7. The minimum atomic E-state index is -0.826. The zero-order valence-corrected chi connectivity index (χ0v) is 14.8. The smallest absolute Gasteiger partial charge is 0.325 e. The van der Waals surface area contributed by atoms with Gasteiger partial charge in [0.1, 0.15) is 17.2 Å². The number of carboxylic acid groups (broad SMARTS) is 1. The van der Waals surface area contributed by atoms with E-state index >= 15 is 0 Å². The SMILES string of the molecule is CN1CCN(C(C(=O)O)c2cccc3c2oc2ccccc23)CC1.Cl. The summed E-state index contributed by atoms with van der Waals surface area (Å²) in [6.07, 6.45) is 0. The molecule has 2 aromatic carbocycles. The lowest BCUT2D eigenvalue weighted by atomic mass is 10.0. The van der Waals surface area contributed by atoms with Crippen molar-refractivity contribution in [2.24, 2.45) is 0 Å². The predicted octanol–water partition coefficient (Wildman–Crippen LogP) is 3.38. The number of para-hydroxylation sites is 2. The Morgan fingerprint density at radius 2 is 1.72 bits per heavy atom. The maximum absolute atomic E-state index is 12.0. The molecule has 1 fully saturated rings.